The maximum absolute atomic E-state index is 12.4. The summed E-state index contributed by atoms with van der Waals surface area (Å²) in [6, 6.07) is 5.15. The van der Waals surface area contributed by atoms with Crippen molar-refractivity contribution < 1.29 is 14.3 Å². The molecular formula is C18H26N2O3. The van der Waals surface area contributed by atoms with Crippen LogP contribution in [-0.4, -0.2) is 43.5 Å². The van der Waals surface area contributed by atoms with Gasteiger partial charge in [0.1, 0.15) is 5.75 Å². The molecule has 0 radical (unpaired) electrons. The van der Waals surface area contributed by atoms with Crippen LogP contribution in [0.2, 0.25) is 0 Å². The van der Waals surface area contributed by atoms with Crippen molar-refractivity contribution in [2.75, 3.05) is 31.8 Å². The Kier molecular flexibility index (Phi) is 5.42. The number of hydrogen-bond acceptors (Lipinski definition) is 4. The van der Waals surface area contributed by atoms with Gasteiger partial charge >= 0.3 is 5.91 Å². The largest absolute Gasteiger partial charge is 0.497 e. The first-order chi connectivity index (χ1) is 10.8. The van der Waals surface area contributed by atoms with Gasteiger partial charge in [-0.25, -0.2) is 0 Å². The summed E-state index contributed by atoms with van der Waals surface area (Å²) in [5.74, 6) is 0.747. The van der Waals surface area contributed by atoms with Crippen molar-refractivity contribution in [1.82, 2.24) is 4.90 Å². The molecule has 0 N–H and O–H groups in total. The van der Waals surface area contributed by atoms with E-state index in [4.69, 9.17) is 4.74 Å². The number of ether oxygens (including phenoxy) is 1. The minimum Gasteiger partial charge on any atom is -0.497 e. The van der Waals surface area contributed by atoms with Crippen LogP contribution in [-0.2, 0) is 4.79 Å². The predicted molar refractivity (Wildman–Crippen MR) is 90.9 cm³/mol. The van der Waals surface area contributed by atoms with Gasteiger partial charge in [-0.05, 0) is 24.0 Å². The molecule has 0 fully saturated rings. The number of Topliss-reactive ketones (excluding diaryl/α,β-unsaturated/α-hetero) is 1. The van der Waals surface area contributed by atoms with Gasteiger partial charge in [-0.3, -0.25) is 19.4 Å². The summed E-state index contributed by atoms with van der Waals surface area (Å²) in [6.07, 6.45) is 0. The number of nitrogens with zero attached hydrogens (tertiary/aromatic N) is 2. The maximum Gasteiger partial charge on any atom is 0.300 e. The fourth-order valence-electron chi connectivity index (χ4n) is 2.96. The zero-order valence-electron chi connectivity index (χ0n) is 14.6. The molecule has 0 unspecified atom stereocenters. The second-order valence-electron chi connectivity index (χ2n) is 6.91. The standard InChI is InChI=1S/C18H26N2O3/c1-12(2)9-19(10-13(3)4)11-20-16-8-14(23-5)6-7-15(16)17(21)18(20)22/h6-8,12-13H,9-11H2,1-5H3. The Bertz CT molecular complexity index is 586. The summed E-state index contributed by atoms with van der Waals surface area (Å²) in [6.45, 7) is 10.8. The average Bonchev–Trinajstić information content (AvgIpc) is 2.70. The first-order valence-corrected chi connectivity index (χ1v) is 8.10. The highest BCUT2D eigenvalue weighted by atomic mass is 16.5. The zero-order chi connectivity index (χ0) is 17.1. The topological polar surface area (TPSA) is 49.9 Å². The molecule has 1 aliphatic rings. The average molecular weight is 318 g/mol. The number of carbonyl (C=O) groups is 2. The molecule has 0 bridgehead atoms. The highest BCUT2D eigenvalue weighted by Crippen LogP contribution is 2.32. The molecule has 126 valence electrons. The number of methoxy groups -OCH3 is 1. The molecule has 1 heterocycles. The molecule has 23 heavy (non-hydrogen) atoms. The van der Waals surface area contributed by atoms with Gasteiger partial charge in [0, 0.05) is 19.2 Å². The highest BCUT2D eigenvalue weighted by Gasteiger charge is 2.37. The van der Waals surface area contributed by atoms with Crippen molar-refractivity contribution in [3.63, 3.8) is 0 Å². The number of rotatable bonds is 7. The van der Waals surface area contributed by atoms with Gasteiger partial charge in [-0.15, -0.1) is 0 Å². The van der Waals surface area contributed by atoms with E-state index in [1.807, 2.05) is 0 Å². The highest BCUT2D eigenvalue weighted by molar-refractivity contribution is 6.52. The van der Waals surface area contributed by atoms with Gasteiger partial charge in [-0.2, -0.15) is 0 Å². The van der Waals surface area contributed by atoms with Gasteiger partial charge in [0.2, 0.25) is 0 Å². The van der Waals surface area contributed by atoms with Crippen LogP contribution in [0.4, 0.5) is 5.69 Å². The fourth-order valence-corrected chi connectivity index (χ4v) is 2.96. The van der Waals surface area contributed by atoms with Gasteiger partial charge < -0.3 is 4.74 Å². The van der Waals surface area contributed by atoms with E-state index in [2.05, 4.69) is 32.6 Å². The predicted octanol–water partition coefficient (Wildman–Crippen LogP) is 2.80. The molecule has 0 aromatic heterocycles. The third-order valence-corrected chi connectivity index (χ3v) is 3.77. The fraction of sp³-hybridized carbons (Fsp3) is 0.556. The van der Waals surface area contributed by atoms with Crippen molar-refractivity contribution in [2.24, 2.45) is 11.8 Å². The summed E-state index contributed by atoms with van der Waals surface area (Å²) < 4.78 is 5.23. The third-order valence-electron chi connectivity index (χ3n) is 3.77. The molecule has 0 saturated heterocycles. The van der Waals surface area contributed by atoms with Crippen LogP contribution in [0.3, 0.4) is 0 Å². The maximum atomic E-state index is 12.4. The Hall–Kier alpha value is -1.88. The Balaban J connectivity index is 2.28. The molecule has 1 amide bonds. The lowest BCUT2D eigenvalue weighted by molar-refractivity contribution is -0.114. The van der Waals surface area contributed by atoms with Gasteiger partial charge in [0.25, 0.3) is 5.78 Å². The van der Waals surface area contributed by atoms with E-state index in [1.54, 1.807) is 30.2 Å². The molecule has 1 aromatic rings. The monoisotopic (exact) mass is 318 g/mol. The van der Waals surface area contributed by atoms with E-state index >= 15 is 0 Å². The third kappa shape index (κ3) is 3.91. The molecule has 0 spiro atoms. The van der Waals surface area contributed by atoms with Gasteiger partial charge in [0.15, 0.2) is 0 Å². The first-order valence-electron chi connectivity index (χ1n) is 8.10. The number of hydrogen-bond donors (Lipinski definition) is 0. The van der Waals surface area contributed by atoms with Crippen LogP contribution >= 0.6 is 0 Å². The molecule has 1 aliphatic heterocycles. The minimum absolute atomic E-state index is 0.432. The van der Waals surface area contributed by atoms with Crippen LogP contribution in [0.25, 0.3) is 0 Å². The second kappa shape index (κ2) is 7.13. The Morgan fingerprint density at radius 3 is 2.22 bits per heavy atom. The molecule has 5 heteroatoms. The summed E-state index contributed by atoms with van der Waals surface area (Å²) in [5.41, 5.74) is 1.11. The Labute approximate surface area is 138 Å². The molecule has 0 aliphatic carbocycles. The number of carbonyl (C=O) groups excluding carboxylic acids is 2. The molecule has 1 aromatic carbocycles. The van der Waals surface area contributed by atoms with Crippen molar-refractivity contribution in [2.45, 2.75) is 27.7 Å². The first kappa shape index (κ1) is 17.5. The van der Waals surface area contributed by atoms with Gasteiger partial charge in [0.05, 0.1) is 25.0 Å². The van der Waals surface area contributed by atoms with Crippen molar-refractivity contribution in [3.05, 3.63) is 23.8 Å². The van der Waals surface area contributed by atoms with Crippen molar-refractivity contribution in [1.29, 1.82) is 0 Å². The van der Waals surface area contributed by atoms with Crippen molar-refractivity contribution >= 4 is 17.4 Å². The summed E-state index contributed by atoms with van der Waals surface area (Å²) in [5, 5.41) is 0. The molecular weight excluding hydrogens is 292 g/mol. The van der Waals surface area contributed by atoms with E-state index < -0.39 is 11.7 Å². The second-order valence-corrected chi connectivity index (χ2v) is 6.91. The number of amides is 1. The number of fused-ring (bicyclic) bond motifs is 1. The van der Waals surface area contributed by atoms with E-state index in [1.165, 1.54) is 0 Å². The molecule has 0 atom stereocenters. The minimum atomic E-state index is -0.453. The summed E-state index contributed by atoms with van der Waals surface area (Å²) >= 11 is 0. The number of anilines is 1. The smallest absolute Gasteiger partial charge is 0.300 e. The van der Waals surface area contributed by atoms with Crippen LogP contribution < -0.4 is 9.64 Å². The number of benzene rings is 1. The zero-order valence-corrected chi connectivity index (χ0v) is 14.6. The SMILES string of the molecule is COc1ccc2c(c1)N(CN(CC(C)C)CC(C)C)C(=O)C2=O. The normalized spacial score (nSPS) is 14.3. The van der Waals surface area contributed by atoms with Crippen LogP contribution in [0.15, 0.2) is 18.2 Å². The van der Waals surface area contributed by atoms with Crippen molar-refractivity contribution in [3.8, 4) is 5.75 Å². The lowest BCUT2D eigenvalue weighted by Crippen LogP contribution is -2.43. The van der Waals surface area contributed by atoms with Crippen LogP contribution in [0.1, 0.15) is 38.1 Å². The van der Waals surface area contributed by atoms with Crippen LogP contribution in [0.5, 0.6) is 5.75 Å². The quantitative estimate of drug-likeness (QED) is 0.725. The Morgan fingerprint density at radius 1 is 1.09 bits per heavy atom. The van der Waals surface area contributed by atoms with E-state index in [0.29, 0.717) is 35.5 Å². The molecule has 2 rings (SSSR count). The van der Waals surface area contributed by atoms with Crippen LogP contribution in [0, 0.1) is 11.8 Å². The lowest BCUT2D eigenvalue weighted by atomic mass is 10.1. The van der Waals surface area contributed by atoms with Gasteiger partial charge in [-0.1, -0.05) is 27.7 Å². The summed E-state index contributed by atoms with van der Waals surface area (Å²) in [7, 11) is 1.58. The van der Waals surface area contributed by atoms with E-state index in [9.17, 15) is 9.59 Å². The number of ketones is 1. The Morgan fingerprint density at radius 2 is 1.70 bits per heavy atom. The molecule has 5 nitrogen and oxygen atoms in total. The van der Waals surface area contributed by atoms with E-state index in [-0.39, 0.29) is 0 Å². The summed E-state index contributed by atoms with van der Waals surface area (Å²) in [4.78, 5) is 28.4. The lowest BCUT2D eigenvalue weighted by Gasteiger charge is -2.30. The molecule has 0 saturated carbocycles. The van der Waals surface area contributed by atoms with E-state index in [0.717, 1.165) is 13.1 Å².